The Bertz CT molecular complexity index is 2780. The Kier molecular flexibility index (Phi) is 12.5. The van der Waals surface area contributed by atoms with Crippen molar-refractivity contribution in [3.8, 4) is 11.4 Å². The first-order valence-electron chi connectivity index (χ1n) is 20.9. The zero-order valence-electron chi connectivity index (χ0n) is 36.0. The Morgan fingerprint density at radius 3 is 2.31 bits per heavy atom. The second kappa shape index (κ2) is 18.0. The number of piperidine rings is 2. The van der Waals surface area contributed by atoms with E-state index >= 15 is 0 Å². The third-order valence-electron chi connectivity index (χ3n) is 12.1. The van der Waals surface area contributed by atoms with E-state index in [4.69, 9.17) is 9.72 Å². The first-order chi connectivity index (χ1) is 29.7. The second-order valence-corrected chi connectivity index (χ2v) is 20.8. The molecule has 2 aliphatic heterocycles. The minimum Gasteiger partial charge on any atom is -0.494 e. The molecule has 0 saturated carbocycles. The SMILES string of the molecule is COc1cc(N2CCC(N(C)CC3CCN(c4ccc(-n5ccc(=O)[nH]c5=O)c(C)c4)CC3)CC2)c(C)cc1Nc1ncc(Br)c(Nc2ccc3nccnc3c2P(C)(C)=O)n1. The van der Waals surface area contributed by atoms with Crippen molar-refractivity contribution in [2.24, 2.45) is 5.92 Å². The third kappa shape index (κ3) is 9.28. The van der Waals surface area contributed by atoms with Crippen LogP contribution < -0.4 is 41.7 Å². The molecule has 17 heteroatoms. The van der Waals surface area contributed by atoms with Crippen molar-refractivity contribution in [3.05, 3.63) is 110 Å². The molecule has 15 nitrogen and oxygen atoms in total. The number of aryl methyl sites for hydroxylation is 2. The van der Waals surface area contributed by atoms with E-state index in [1.807, 2.05) is 25.1 Å². The number of hydrogen-bond acceptors (Lipinski definition) is 13. The molecule has 8 rings (SSSR count). The van der Waals surface area contributed by atoms with Gasteiger partial charge in [0.1, 0.15) is 24.2 Å². The summed E-state index contributed by atoms with van der Waals surface area (Å²) in [7, 11) is 1.20. The summed E-state index contributed by atoms with van der Waals surface area (Å²) in [6.45, 7) is 12.6. The van der Waals surface area contributed by atoms with Gasteiger partial charge in [-0.1, -0.05) is 0 Å². The molecule has 0 bridgehead atoms. The molecule has 3 N–H and O–H groups in total. The first kappa shape index (κ1) is 43.1. The number of fused-ring (bicyclic) bond motifs is 1. The maximum absolute atomic E-state index is 13.5. The summed E-state index contributed by atoms with van der Waals surface area (Å²) in [4.78, 5) is 52.0. The van der Waals surface area contributed by atoms with Gasteiger partial charge in [0.2, 0.25) is 5.95 Å². The van der Waals surface area contributed by atoms with Crippen molar-refractivity contribution in [2.75, 3.05) is 80.6 Å². The van der Waals surface area contributed by atoms with Gasteiger partial charge in [0, 0.05) is 87.1 Å². The zero-order valence-corrected chi connectivity index (χ0v) is 38.5. The summed E-state index contributed by atoms with van der Waals surface area (Å²) in [5, 5.41) is 7.36. The monoisotopic (exact) mass is 921 g/mol. The van der Waals surface area contributed by atoms with E-state index in [1.54, 1.807) is 39.0 Å². The Labute approximate surface area is 369 Å². The van der Waals surface area contributed by atoms with Crippen LogP contribution in [-0.4, -0.2) is 101 Å². The summed E-state index contributed by atoms with van der Waals surface area (Å²) < 4.78 is 21.5. The van der Waals surface area contributed by atoms with E-state index in [9.17, 15) is 14.2 Å². The van der Waals surface area contributed by atoms with Crippen LogP contribution in [0.25, 0.3) is 16.7 Å². The van der Waals surface area contributed by atoms with E-state index in [1.165, 1.54) is 16.8 Å². The number of aromatic amines is 1. The number of methoxy groups -OCH3 is 1. The molecule has 0 amide bonds. The molecule has 324 valence electrons. The van der Waals surface area contributed by atoms with Crippen LogP contribution in [0.15, 0.2) is 87.4 Å². The fourth-order valence-electron chi connectivity index (χ4n) is 8.91. The molecule has 0 radical (unpaired) electrons. The summed E-state index contributed by atoms with van der Waals surface area (Å²) >= 11 is 3.59. The molecule has 2 fully saturated rings. The molecule has 2 aliphatic rings. The number of nitrogens with zero attached hydrogens (tertiary/aromatic N) is 8. The van der Waals surface area contributed by atoms with Crippen LogP contribution in [-0.2, 0) is 4.57 Å². The topological polar surface area (TPSA) is 166 Å². The molecule has 0 unspecified atom stereocenters. The van der Waals surface area contributed by atoms with Gasteiger partial charge in [-0.25, -0.2) is 9.78 Å². The fourth-order valence-corrected chi connectivity index (χ4v) is 10.6. The Hall–Kier alpha value is -5.57. The quantitative estimate of drug-likeness (QED) is 0.106. The largest absolute Gasteiger partial charge is 0.494 e. The van der Waals surface area contributed by atoms with Crippen LogP contribution in [0.3, 0.4) is 0 Å². The molecule has 62 heavy (non-hydrogen) atoms. The smallest absolute Gasteiger partial charge is 0.332 e. The lowest BCUT2D eigenvalue weighted by Gasteiger charge is -2.41. The molecule has 5 heterocycles. The van der Waals surface area contributed by atoms with Gasteiger partial charge in [-0.05, 0) is 129 Å². The van der Waals surface area contributed by atoms with Crippen LogP contribution in [0, 0.1) is 19.8 Å². The molecular weight excluding hydrogens is 869 g/mol. The lowest BCUT2D eigenvalue weighted by Crippen LogP contribution is -2.46. The maximum Gasteiger partial charge on any atom is 0.332 e. The molecule has 6 aromatic rings. The van der Waals surface area contributed by atoms with Crippen LogP contribution in [0.1, 0.15) is 36.8 Å². The van der Waals surface area contributed by atoms with Crippen molar-refractivity contribution in [3.63, 3.8) is 0 Å². The third-order valence-corrected chi connectivity index (χ3v) is 14.2. The minimum atomic E-state index is -2.77. The molecule has 0 atom stereocenters. The number of rotatable bonds is 12. The normalized spacial score (nSPS) is 15.4. The van der Waals surface area contributed by atoms with E-state index in [-0.39, 0.29) is 0 Å². The van der Waals surface area contributed by atoms with Crippen LogP contribution in [0.5, 0.6) is 5.75 Å². The van der Waals surface area contributed by atoms with E-state index < -0.39 is 18.4 Å². The summed E-state index contributed by atoms with van der Waals surface area (Å²) in [6, 6.07) is 16.0. The summed E-state index contributed by atoms with van der Waals surface area (Å²) in [5.41, 5.74) is 7.05. The van der Waals surface area contributed by atoms with E-state index in [2.05, 4.69) is 99.4 Å². The van der Waals surface area contributed by atoms with Crippen molar-refractivity contribution in [1.29, 1.82) is 0 Å². The predicted octanol–water partition coefficient (Wildman–Crippen LogP) is 7.20. The second-order valence-electron chi connectivity index (χ2n) is 16.8. The van der Waals surface area contributed by atoms with Crippen molar-refractivity contribution >= 4 is 73.9 Å². The van der Waals surface area contributed by atoms with E-state index in [0.717, 1.165) is 92.3 Å². The number of hydrogen-bond donors (Lipinski definition) is 3. The highest BCUT2D eigenvalue weighted by molar-refractivity contribution is 9.10. The standard InChI is InChI=1S/C45H53BrN11O4P/c1-28-23-32(7-10-37(28)57-22-15-40(58)52-45(57)59)55-18-11-30(12-19-55)27-54(3)31-13-20-56(21-14-31)38-25-39(61-4)36(24-29(38)2)51-44-49-26-33(46)43(53-44)50-35-9-8-34-41(48-17-16-47-34)42(35)62(5,6)60/h7-10,15-17,22-26,30-31H,11-14,18-21,27H2,1-6H3,(H,52,58,59)(H2,49,50,51,53). The lowest BCUT2D eigenvalue weighted by molar-refractivity contribution is 0.167. The van der Waals surface area contributed by atoms with Crippen molar-refractivity contribution in [2.45, 2.75) is 45.6 Å². The lowest BCUT2D eigenvalue weighted by atomic mass is 9.94. The number of aromatic nitrogens is 6. The van der Waals surface area contributed by atoms with Gasteiger partial charge in [0.25, 0.3) is 5.56 Å². The maximum atomic E-state index is 13.5. The predicted molar refractivity (Wildman–Crippen MR) is 253 cm³/mol. The van der Waals surface area contributed by atoms with Gasteiger partial charge < -0.3 is 34.6 Å². The molecule has 2 saturated heterocycles. The van der Waals surface area contributed by atoms with E-state index in [0.29, 0.717) is 56.0 Å². The average molecular weight is 923 g/mol. The molecule has 0 spiro atoms. The summed E-state index contributed by atoms with van der Waals surface area (Å²) in [5.74, 6) is 2.22. The number of anilines is 6. The fraction of sp³-hybridized carbons (Fsp3) is 0.378. The Morgan fingerprint density at radius 1 is 0.871 bits per heavy atom. The highest BCUT2D eigenvalue weighted by Crippen LogP contribution is 2.42. The van der Waals surface area contributed by atoms with Crippen LogP contribution in [0.4, 0.5) is 34.5 Å². The first-order valence-corrected chi connectivity index (χ1v) is 24.3. The average Bonchev–Trinajstić information content (AvgIpc) is 3.25. The number of ether oxygens (including phenoxy) is 1. The van der Waals surface area contributed by atoms with Gasteiger partial charge in [-0.3, -0.25) is 24.3 Å². The van der Waals surface area contributed by atoms with Gasteiger partial charge in [0.15, 0.2) is 0 Å². The molecule has 0 aliphatic carbocycles. The van der Waals surface area contributed by atoms with Crippen molar-refractivity contribution < 1.29 is 9.30 Å². The Balaban J connectivity index is 0.866. The highest BCUT2D eigenvalue weighted by atomic mass is 79.9. The number of nitrogens with one attached hydrogen (secondary N) is 3. The molecular formula is C45H53BrN11O4P. The highest BCUT2D eigenvalue weighted by Gasteiger charge is 2.28. The van der Waals surface area contributed by atoms with Gasteiger partial charge >= 0.3 is 5.69 Å². The minimum absolute atomic E-state index is 0.376. The Morgan fingerprint density at radius 2 is 1.60 bits per heavy atom. The number of halogens is 1. The zero-order chi connectivity index (χ0) is 43.7. The van der Waals surface area contributed by atoms with Gasteiger partial charge in [-0.15, -0.1) is 0 Å². The number of benzene rings is 3. The number of H-pyrrole nitrogens is 1. The van der Waals surface area contributed by atoms with Crippen LogP contribution >= 0.6 is 23.1 Å². The molecule has 3 aromatic carbocycles. The summed E-state index contributed by atoms with van der Waals surface area (Å²) in [6.07, 6.45) is 10.9. The van der Waals surface area contributed by atoms with Crippen LogP contribution in [0.2, 0.25) is 0 Å². The molecule has 3 aromatic heterocycles. The van der Waals surface area contributed by atoms with Crippen molar-refractivity contribution in [1.82, 2.24) is 34.4 Å². The van der Waals surface area contributed by atoms with Gasteiger partial charge in [0.05, 0.1) is 39.5 Å². The van der Waals surface area contributed by atoms with Gasteiger partial charge in [-0.2, -0.15) is 4.98 Å².